The molecule has 0 saturated heterocycles. The number of hydrogen-bond acceptors (Lipinski definition) is 4. The average molecular weight is 260 g/mol. The summed E-state index contributed by atoms with van der Waals surface area (Å²) in [6.45, 7) is 8.28. The summed E-state index contributed by atoms with van der Waals surface area (Å²) in [4.78, 5) is 13.5. The van der Waals surface area contributed by atoms with Crippen LogP contribution in [0, 0.1) is 0 Å². The van der Waals surface area contributed by atoms with Crippen molar-refractivity contribution in [1.82, 2.24) is 10.2 Å². The number of likely N-dealkylation sites (N-methyl/N-ethyl adjacent to an activating group) is 1. The van der Waals surface area contributed by atoms with Crippen molar-refractivity contribution in [2.45, 2.75) is 45.2 Å². The maximum absolute atomic E-state index is 11.2. The van der Waals surface area contributed by atoms with E-state index in [-0.39, 0.29) is 0 Å². The van der Waals surface area contributed by atoms with Crippen LogP contribution in [0.1, 0.15) is 33.6 Å². The lowest BCUT2D eigenvalue weighted by molar-refractivity contribution is -0.144. The van der Waals surface area contributed by atoms with Crippen LogP contribution in [0.4, 0.5) is 0 Å². The lowest BCUT2D eigenvalue weighted by Gasteiger charge is -2.32. The first kappa shape index (κ1) is 17.4. The molecule has 0 aliphatic heterocycles. The molecule has 0 heterocycles. The number of hydrogen-bond donors (Lipinski definition) is 2. The lowest BCUT2D eigenvalue weighted by atomic mass is 9.97. The van der Waals surface area contributed by atoms with Crippen LogP contribution in [0.25, 0.3) is 0 Å². The summed E-state index contributed by atoms with van der Waals surface area (Å²) in [6.07, 6.45) is 1.62. The molecule has 0 aromatic carbocycles. The van der Waals surface area contributed by atoms with Crippen molar-refractivity contribution in [3.63, 3.8) is 0 Å². The van der Waals surface area contributed by atoms with Gasteiger partial charge in [-0.15, -0.1) is 0 Å². The molecule has 0 rings (SSSR count). The fourth-order valence-electron chi connectivity index (χ4n) is 1.73. The van der Waals surface area contributed by atoms with Crippen molar-refractivity contribution in [2.75, 3.05) is 33.9 Å². The molecule has 0 radical (unpaired) electrons. The van der Waals surface area contributed by atoms with Crippen LogP contribution in [0.15, 0.2) is 0 Å². The van der Waals surface area contributed by atoms with Gasteiger partial charge in [0, 0.05) is 26.2 Å². The van der Waals surface area contributed by atoms with Crippen LogP contribution in [0.2, 0.25) is 0 Å². The van der Waals surface area contributed by atoms with Gasteiger partial charge in [0.05, 0.1) is 6.61 Å². The Morgan fingerprint density at radius 1 is 1.50 bits per heavy atom. The van der Waals surface area contributed by atoms with Gasteiger partial charge in [-0.1, -0.05) is 6.92 Å². The number of nitrogens with one attached hydrogen (secondary N) is 1. The van der Waals surface area contributed by atoms with E-state index in [0.29, 0.717) is 19.1 Å². The Hall–Kier alpha value is -0.650. The molecular weight excluding hydrogens is 232 g/mol. The normalized spacial score (nSPS) is 16.6. The highest BCUT2D eigenvalue weighted by Gasteiger charge is 2.31. The molecule has 5 nitrogen and oxygen atoms in total. The average Bonchev–Trinajstić information content (AvgIpc) is 2.37. The largest absolute Gasteiger partial charge is 0.480 e. The van der Waals surface area contributed by atoms with E-state index in [1.165, 1.54) is 0 Å². The van der Waals surface area contributed by atoms with Gasteiger partial charge >= 0.3 is 5.97 Å². The predicted molar refractivity (Wildman–Crippen MR) is 72.9 cm³/mol. The summed E-state index contributed by atoms with van der Waals surface area (Å²) in [7, 11) is 3.38. The smallest absolute Gasteiger partial charge is 0.323 e. The zero-order chi connectivity index (χ0) is 14.2. The van der Waals surface area contributed by atoms with Gasteiger partial charge in [-0.25, -0.2) is 0 Å². The van der Waals surface area contributed by atoms with Crippen molar-refractivity contribution in [1.29, 1.82) is 0 Å². The first-order chi connectivity index (χ1) is 8.41. The van der Waals surface area contributed by atoms with Gasteiger partial charge in [0.15, 0.2) is 0 Å². The SMILES string of the molecule is CCC(C)N(CCOC)CCC(C)(NC)C(=O)O. The van der Waals surface area contributed by atoms with E-state index in [0.717, 1.165) is 19.5 Å². The Balaban J connectivity index is 4.44. The number of rotatable bonds is 10. The van der Waals surface area contributed by atoms with E-state index in [9.17, 15) is 9.90 Å². The van der Waals surface area contributed by atoms with Gasteiger partial charge in [-0.2, -0.15) is 0 Å². The second kappa shape index (κ2) is 8.45. The van der Waals surface area contributed by atoms with Crippen LogP contribution in [-0.4, -0.2) is 61.4 Å². The third kappa shape index (κ3) is 5.33. The van der Waals surface area contributed by atoms with Gasteiger partial charge in [0.25, 0.3) is 0 Å². The summed E-state index contributed by atoms with van der Waals surface area (Å²) >= 11 is 0. The molecule has 108 valence electrons. The highest BCUT2D eigenvalue weighted by Crippen LogP contribution is 2.13. The Kier molecular flexibility index (Phi) is 8.15. The number of carboxylic acids is 1. The maximum atomic E-state index is 11.2. The molecule has 2 unspecified atom stereocenters. The maximum Gasteiger partial charge on any atom is 0.323 e. The number of aliphatic carboxylic acids is 1. The standard InChI is InChI=1S/C13H28N2O3/c1-6-11(2)15(9-10-18-5)8-7-13(3,14-4)12(16)17/h11,14H,6-10H2,1-5H3,(H,16,17). The predicted octanol–water partition coefficient (Wildman–Crippen LogP) is 1.19. The zero-order valence-corrected chi connectivity index (χ0v) is 12.3. The summed E-state index contributed by atoms with van der Waals surface area (Å²) < 4.78 is 5.10. The minimum atomic E-state index is -0.862. The Morgan fingerprint density at radius 3 is 2.50 bits per heavy atom. The highest BCUT2D eigenvalue weighted by molar-refractivity contribution is 5.78. The van der Waals surface area contributed by atoms with Crippen molar-refractivity contribution >= 4 is 5.97 Å². The van der Waals surface area contributed by atoms with E-state index < -0.39 is 11.5 Å². The van der Waals surface area contributed by atoms with Gasteiger partial charge in [0.2, 0.25) is 0 Å². The highest BCUT2D eigenvalue weighted by atomic mass is 16.5. The molecule has 0 aliphatic rings. The topological polar surface area (TPSA) is 61.8 Å². The minimum absolute atomic E-state index is 0.440. The number of methoxy groups -OCH3 is 1. The minimum Gasteiger partial charge on any atom is -0.480 e. The second-order valence-corrected chi connectivity index (χ2v) is 4.92. The van der Waals surface area contributed by atoms with E-state index in [2.05, 4.69) is 24.1 Å². The van der Waals surface area contributed by atoms with Crippen molar-refractivity contribution < 1.29 is 14.6 Å². The first-order valence-corrected chi connectivity index (χ1v) is 6.56. The third-order valence-corrected chi connectivity index (χ3v) is 3.72. The fraction of sp³-hybridized carbons (Fsp3) is 0.923. The van der Waals surface area contributed by atoms with Crippen LogP contribution in [-0.2, 0) is 9.53 Å². The molecule has 0 spiro atoms. The number of nitrogens with zero attached hydrogens (tertiary/aromatic N) is 1. The molecule has 0 fully saturated rings. The zero-order valence-electron chi connectivity index (χ0n) is 12.3. The summed E-state index contributed by atoms with van der Waals surface area (Å²) in [5.41, 5.74) is -0.862. The molecule has 5 heteroatoms. The van der Waals surface area contributed by atoms with Gasteiger partial charge in [0.1, 0.15) is 5.54 Å². The molecule has 18 heavy (non-hydrogen) atoms. The third-order valence-electron chi connectivity index (χ3n) is 3.72. The number of ether oxygens (including phenoxy) is 1. The van der Waals surface area contributed by atoms with Crippen molar-refractivity contribution in [3.05, 3.63) is 0 Å². The molecule has 0 saturated carbocycles. The fourth-order valence-corrected chi connectivity index (χ4v) is 1.73. The molecule has 0 aromatic heterocycles. The van der Waals surface area contributed by atoms with Gasteiger partial charge < -0.3 is 15.2 Å². The summed E-state index contributed by atoms with van der Waals surface area (Å²) in [6, 6.07) is 0.440. The van der Waals surface area contributed by atoms with E-state index in [4.69, 9.17) is 4.74 Å². The number of carbonyl (C=O) groups is 1. The summed E-state index contributed by atoms with van der Waals surface area (Å²) in [5, 5.41) is 12.1. The monoisotopic (exact) mass is 260 g/mol. The molecule has 0 amide bonds. The number of carboxylic acid groups (broad SMARTS) is 1. The lowest BCUT2D eigenvalue weighted by Crippen LogP contribution is -2.50. The van der Waals surface area contributed by atoms with E-state index in [1.54, 1.807) is 21.1 Å². The van der Waals surface area contributed by atoms with Crippen LogP contribution >= 0.6 is 0 Å². The molecule has 0 aromatic rings. The van der Waals surface area contributed by atoms with Gasteiger partial charge in [-0.05, 0) is 33.7 Å². The second-order valence-electron chi connectivity index (χ2n) is 4.92. The Morgan fingerprint density at radius 2 is 2.11 bits per heavy atom. The van der Waals surface area contributed by atoms with Crippen LogP contribution in [0.3, 0.4) is 0 Å². The first-order valence-electron chi connectivity index (χ1n) is 6.56. The molecular formula is C13H28N2O3. The molecule has 2 atom stereocenters. The Labute approximate surface area is 110 Å². The molecule has 0 aliphatic carbocycles. The quantitative estimate of drug-likeness (QED) is 0.618. The van der Waals surface area contributed by atoms with E-state index in [1.807, 2.05) is 0 Å². The molecule has 0 bridgehead atoms. The van der Waals surface area contributed by atoms with Crippen LogP contribution in [0.5, 0.6) is 0 Å². The van der Waals surface area contributed by atoms with Crippen molar-refractivity contribution in [2.24, 2.45) is 0 Å². The Bertz CT molecular complexity index is 248. The molecule has 2 N–H and O–H groups in total. The van der Waals surface area contributed by atoms with Crippen LogP contribution < -0.4 is 5.32 Å². The van der Waals surface area contributed by atoms with E-state index >= 15 is 0 Å². The summed E-state index contributed by atoms with van der Waals surface area (Å²) in [5.74, 6) is -0.805. The van der Waals surface area contributed by atoms with Crippen molar-refractivity contribution in [3.8, 4) is 0 Å². The van der Waals surface area contributed by atoms with Gasteiger partial charge in [-0.3, -0.25) is 9.69 Å².